The van der Waals surface area contributed by atoms with Crippen molar-refractivity contribution in [2.45, 2.75) is 6.92 Å². The number of carbonyl (C=O) groups is 2. The topological polar surface area (TPSA) is 62.4 Å². The SMILES string of the molecule is C=CCN(CC(=O)OCC)C(=O)c1cc(Cl)c[nH]1. The predicted octanol–water partition coefficient (Wildman–Crippen LogP) is 1.86. The molecular weight excluding hydrogens is 256 g/mol. The zero-order chi connectivity index (χ0) is 13.5. The highest BCUT2D eigenvalue weighted by atomic mass is 35.5. The summed E-state index contributed by atoms with van der Waals surface area (Å²) in [6.45, 7) is 5.69. The summed E-state index contributed by atoms with van der Waals surface area (Å²) >= 11 is 5.73. The van der Waals surface area contributed by atoms with Crippen LogP contribution in [0.25, 0.3) is 0 Å². The van der Waals surface area contributed by atoms with Gasteiger partial charge in [0.1, 0.15) is 12.2 Å². The summed E-state index contributed by atoms with van der Waals surface area (Å²) in [7, 11) is 0. The molecular formula is C12H15ClN2O3. The molecule has 0 unspecified atom stereocenters. The molecule has 0 aliphatic heterocycles. The third kappa shape index (κ3) is 3.92. The molecule has 1 aromatic heterocycles. The molecule has 0 fully saturated rings. The summed E-state index contributed by atoms with van der Waals surface area (Å²) in [6.07, 6.45) is 3.05. The van der Waals surface area contributed by atoms with Crippen LogP contribution in [0.2, 0.25) is 5.02 Å². The van der Waals surface area contributed by atoms with Crippen molar-refractivity contribution in [3.63, 3.8) is 0 Å². The number of hydrogen-bond donors (Lipinski definition) is 1. The van der Waals surface area contributed by atoms with Gasteiger partial charge in [0, 0.05) is 12.7 Å². The number of aromatic amines is 1. The molecule has 1 heterocycles. The van der Waals surface area contributed by atoms with Crippen molar-refractivity contribution >= 4 is 23.5 Å². The Morgan fingerprint density at radius 2 is 2.33 bits per heavy atom. The van der Waals surface area contributed by atoms with Crippen LogP contribution in [0.4, 0.5) is 0 Å². The van der Waals surface area contributed by atoms with Crippen LogP contribution >= 0.6 is 11.6 Å². The van der Waals surface area contributed by atoms with Crippen LogP contribution in [-0.4, -0.2) is 41.5 Å². The molecule has 98 valence electrons. The van der Waals surface area contributed by atoms with Gasteiger partial charge in [-0.2, -0.15) is 0 Å². The molecule has 0 bridgehead atoms. The maximum atomic E-state index is 12.1. The van der Waals surface area contributed by atoms with Crippen LogP contribution in [-0.2, 0) is 9.53 Å². The minimum Gasteiger partial charge on any atom is -0.465 e. The van der Waals surface area contributed by atoms with Crippen molar-refractivity contribution in [1.29, 1.82) is 0 Å². The minimum atomic E-state index is -0.453. The molecule has 0 aliphatic rings. The largest absolute Gasteiger partial charge is 0.465 e. The second-order valence-electron chi connectivity index (χ2n) is 3.51. The van der Waals surface area contributed by atoms with Gasteiger partial charge in [-0.1, -0.05) is 17.7 Å². The number of H-pyrrole nitrogens is 1. The summed E-state index contributed by atoms with van der Waals surface area (Å²) in [6, 6.07) is 1.51. The zero-order valence-electron chi connectivity index (χ0n) is 10.1. The third-order valence-corrected chi connectivity index (χ3v) is 2.36. The van der Waals surface area contributed by atoms with E-state index in [1.807, 2.05) is 0 Å². The molecule has 1 rings (SSSR count). The van der Waals surface area contributed by atoms with Crippen molar-refractivity contribution in [1.82, 2.24) is 9.88 Å². The molecule has 6 heteroatoms. The highest BCUT2D eigenvalue weighted by molar-refractivity contribution is 6.30. The number of ether oxygens (including phenoxy) is 1. The van der Waals surface area contributed by atoms with E-state index >= 15 is 0 Å². The predicted molar refractivity (Wildman–Crippen MR) is 68.5 cm³/mol. The first-order valence-corrected chi connectivity index (χ1v) is 5.86. The van der Waals surface area contributed by atoms with Gasteiger partial charge in [-0.3, -0.25) is 9.59 Å². The lowest BCUT2D eigenvalue weighted by Crippen LogP contribution is -2.36. The van der Waals surface area contributed by atoms with E-state index in [9.17, 15) is 9.59 Å². The first kappa shape index (κ1) is 14.3. The highest BCUT2D eigenvalue weighted by Crippen LogP contribution is 2.11. The molecule has 0 radical (unpaired) electrons. The molecule has 0 aromatic carbocycles. The Hall–Kier alpha value is -1.75. The average molecular weight is 271 g/mol. The van der Waals surface area contributed by atoms with Gasteiger partial charge in [0.2, 0.25) is 0 Å². The van der Waals surface area contributed by atoms with Crippen LogP contribution < -0.4 is 0 Å². The fourth-order valence-electron chi connectivity index (χ4n) is 1.40. The number of carbonyl (C=O) groups excluding carboxylic acids is 2. The van der Waals surface area contributed by atoms with Crippen molar-refractivity contribution in [2.24, 2.45) is 0 Å². The van der Waals surface area contributed by atoms with Gasteiger partial charge >= 0.3 is 5.97 Å². The summed E-state index contributed by atoms with van der Waals surface area (Å²) in [5.74, 6) is -0.778. The molecule has 0 spiro atoms. The Kier molecular flexibility index (Phi) is 5.45. The van der Waals surface area contributed by atoms with Crippen LogP contribution in [0.5, 0.6) is 0 Å². The van der Waals surface area contributed by atoms with Gasteiger partial charge in [0.05, 0.1) is 11.6 Å². The van der Waals surface area contributed by atoms with E-state index in [0.717, 1.165) is 0 Å². The number of nitrogens with zero attached hydrogens (tertiary/aromatic N) is 1. The van der Waals surface area contributed by atoms with Crippen LogP contribution in [0.15, 0.2) is 24.9 Å². The number of esters is 1. The van der Waals surface area contributed by atoms with E-state index in [1.165, 1.54) is 17.2 Å². The quantitative estimate of drug-likeness (QED) is 0.634. The lowest BCUT2D eigenvalue weighted by Gasteiger charge is -2.19. The summed E-state index contributed by atoms with van der Waals surface area (Å²) < 4.78 is 4.81. The second-order valence-corrected chi connectivity index (χ2v) is 3.95. The van der Waals surface area contributed by atoms with E-state index in [4.69, 9.17) is 16.3 Å². The van der Waals surface area contributed by atoms with E-state index < -0.39 is 5.97 Å². The Morgan fingerprint density at radius 1 is 1.61 bits per heavy atom. The lowest BCUT2D eigenvalue weighted by molar-refractivity contribution is -0.143. The van der Waals surface area contributed by atoms with E-state index in [0.29, 0.717) is 10.7 Å². The Balaban J connectivity index is 2.74. The molecule has 0 saturated heterocycles. The summed E-state index contributed by atoms with van der Waals surface area (Å²) in [5, 5.41) is 0.438. The number of hydrogen-bond acceptors (Lipinski definition) is 3. The number of aromatic nitrogens is 1. The number of nitrogens with one attached hydrogen (secondary N) is 1. The van der Waals surface area contributed by atoms with Gasteiger partial charge < -0.3 is 14.6 Å². The molecule has 0 saturated carbocycles. The van der Waals surface area contributed by atoms with Gasteiger partial charge in [0.15, 0.2) is 0 Å². The van der Waals surface area contributed by atoms with E-state index in [-0.39, 0.29) is 25.6 Å². The van der Waals surface area contributed by atoms with Crippen LogP contribution in [0, 0.1) is 0 Å². The summed E-state index contributed by atoms with van der Waals surface area (Å²) in [5.41, 5.74) is 0.325. The lowest BCUT2D eigenvalue weighted by atomic mass is 10.3. The monoisotopic (exact) mass is 270 g/mol. The Bertz CT molecular complexity index is 442. The Morgan fingerprint density at radius 3 is 2.83 bits per heavy atom. The highest BCUT2D eigenvalue weighted by Gasteiger charge is 2.19. The number of amides is 1. The van der Waals surface area contributed by atoms with E-state index in [2.05, 4.69) is 11.6 Å². The average Bonchev–Trinajstić information content (AvgIpc) is 2.75. The first-order chi connectivity index (χ1) is 8.58. The number of rotatable bonds is 6. The van der Waals surface area contributed by atoms with Gasteiger partial charge in [-0.25, -0.2) is 0 Å². The standard InChI is InChI=1S/C12H15ClN2O3/c1-3-5-15(8-11(16)18-4-2)12(17)10-6-9(13)7-14-10/h3,6-7,14H,1,4-5,8H2,2H3. The summed E-state index contributed by atoms with van der Waals surface area (Å²) in [4.78, 5) is 27.5. The molecule has 1 N–H and O–H groups in total. The third-order valence-electron chi connectivity index (χ3n) is 2.14. The molecule has 0 atom stereocenters. The smallest absolute Gasteiger partial charge is 0.325 e. The first-order valence-electron chi connectivity index (χ1n) is 5.48. The second kappa shape index (κ2) is 6.86. The molecule has 1 aromatic rings. The zero-order valence-corrected chi connectivity index (χ0v) is 10.9. The maximum absolute atomic E-state index is 12.1. The van der Waals surface area contributed by atoms with Crippen molar-refractivity contribution in [2.75, 3.05) is 19.7 Å². The van der Waals surface area contributed by atoms with Crippen molar-refractivity contribution in [3.05, 3.63) is 35.6 Å². The molecule has 0 aliphatic carbocycles. The normalized spacial score (nSPS) is 9.89. The van der Waals surface area contributed by atoms with Crippen LogP contribution in [0.1, 0.15) is 17.4 Å². The number of halogens is 1. The maximum Gasteiger partial charge on any atom is 0.325 e. The van der Waals surface area contributed by atoms with E-state index in [1.54, 1.807) is 13.0 Å². The minimum absolute atomic E-state index is 0.116. The van der Waals surface area contributed by atoms with Crippen molar-refractivity contribution in [3.8, 4) is 0 Å². The molecule has 1 amide bonds. The fraction of sp³-hybridized carbons (Fsp3) is 0.333. The van der Waals surface area contributed by atoms with Crippen LogP contribution in [0.3, 0.4) is 0 Å². The van der Waals surface area contributed by atoms with Gasteiger partial charge in [-0.15, -0.1) is 6.58 Å². The van der Waals surface area contributed by atoms with Gasteiger partial charge in [-0.05, 0) is 13.0 Å². The van der Waals surface area contributed by atoms with Gasteiger partial charge in [0.25, 0.3) is 5.91 Å². The molecule has 18 heavy (non-hydrogen) atoms. The fourth-order valence-corrected chi connectivity index (χ4v) is 1.56. The Labute approximate surface area is 110 Å². The van der Waals surface area contributed by atoms with Crippen molar-refractivity contribution < 1.29 is 14.3 Å². The molecule has 5 nitrogen and oxygen atoms in total.